The molecule has 0 aromatic heterocycles. The molecule has 0 saturated heterocycles. The smallest absolute Gasteiger partial charge is 0.0406 e. The first kappa shape index (κ1) is 8.35. The monoisotopic (exact) mass is 166 g/mol. The molecule has 0 aliphatic rings. The lowest BCUT2D eigenvalue weighted by molar-refractivity contribution is 1.33. The summed E-state index contributed by atoms with van der Waals surface area (Å²) in [6, 6.07) is 6.08. The van der Waals surface area contributed by atoms with Crippen molar-refractivity contribution in [2.45, 2.75) is 13.8 Å². The molecule has 0 unspecified atom stereocenters. The molecule has 0 heterocycles. The van der Waals surface area contributed by atoms with Gasteiger partial charge in [0.1, 0.15) is 0 Å². The van der Waals surface area contributed by atoms with Crippen LogP contribution in [0.5, 0.6) is 0 Å². The minimum atomic E-state index is 0.605. The maximum Gasteiger partial charge on any atom is 0.0406 e. The predicted molar refractivity (Wildman–Crippen MR) is 50.8 cm³/mol. The summed E-state index contributed by atoms with van der Waals surface area (Å²) in [7, 11) is 0. The SMILES string of the molecule is C=C(Cl)c1ccc(C)c(C)c1. The summed E-state index contributed by atoms with van der Waals surface area (Å²) in [5, 5.41) is 0.605. The van der Waals surface area contributed by atoms with Gasteiger partial charge in [0.05, 0.1) is 0 Å². The Kier molecular flexibility index (Phi) is 2.35. The molecule has 0 bridgehead atoms. The van der Waals surface area contributed by atoms with Gasteiger partial charge in [-0.25, -0.2) is 0 Å². The summed E-state index contributed by atoms with van der Waals surface area (Å²) in [6.07, 6.45) is 0. The first-order valence-electron chi connectivity index (χ1n) is 3.53. The summed E-state index contributed by atoms with van der Waals surface area (Å²) in [5.74, 6) is 0. The van der Waals surface area contributed by atoms with Crippen molar-refractivity contribution < 1.29 is 0 Å². The number of hydrogen-bond acceptors (Lipinski definition) is 0. The van der Waals surface area contributed by atoms with E-state index < -0.39 is 0 Å². The number of aryl methyl sites for hydroxylation is 2. The molecule has 0 spiro atoms. The minimum absolute atomic E-state index is 0.605. The Morgan fingerprint density at radius 1 is 1.27 bits per heavy atom. The third-order valence-electron chi connectivity index (χ3n) is 1.82. The van der Waals surface area contributed by atoms with E-state index in [-0.39, 0.29) is 0 Å². The Bertz CT molecular complexity index is 287. The van der Waals surface area contributed by atoms with Gasteiger partial charge in [-0.1, -0.05) is 36.4 Å². The number of benzene rings is 1. The molecule has 1 aromatic rings. The second kappa shape index (κ2) is 3.10. The van der Waals surface area contributed by atoms with Crippen molar-refractivity contribution in [1.29, 1.82) is 0 Å². The van der Waals surface area contributed by atoms with Crippen molar-refractivity contribution in [3.05, 3.63) is 41.5 Å². The summed E-state index contributed by atoms with van der Waals surface area (Å²) in [6.45, 7) is 7.81. The first-order valence-corrected chi connectivity index (χ1v) is 3.91. The maximum atomic E-state index is 5.73. The fourth-order valence-corrected chi connectivity index (χ4v) is 1.03. The first-order chi connectivity index (χ1) is 5.11. The maximum absolute atomic E-state index is 5.73. The lowest BCUT2D eigenvalue weighted by atomic mass is 10.1. The number of hydrogen-bond donors (Lipinski definition) is 0. The van der Waals surface area contributed by atoms with Crippen LogP contribution < -0.4 is 0 Å². The Labute approximate surface area is 72.5 Å². The van der Waals surface area contributed by atoms with Crippen LogP contribution in [0.2, 0.25) is 0 Å². The molecule has 0 radical (unpaired) electrons. The van der Waals surface area contributed by atoms with E-state index >= 15 is 0 Å². The van der Waals surface area contributed by atoms with Crippen molar-refractivity contribution in [1.82, 2.24) is 0 Å². The Hall–Kier alpha value is -0.750. The predicted octanol–water partition coefficient (Wildman–Crippen LogP) is 3.51. The Balaban J connectivity index is 3.15. The molecule has 1 rings (SSSR count). The van der Waals surface area contributed by atoms with Crippen LogP contribution >= 0.6 is 11.6 Å². The van der Waals surface area contributed by atoms with Gasteiger partial charge in [0, 0.05) is 5.03 Å². The van der Waals surface area contributed by atoms with Crippen molar-refractivity contribution >= 4 is 16.6 Å². The second-order valence-corrected chi connectivity index (χ2v) is 3.16. The molecule has 0 amide bonds. The molecular weight excluding hydrogens is 156 g/mol. The van der Waals surface area contributed by atoms with Gasteiger partial charge in [-0.3, -0.25) is 0 Å². The van der Waals surface area contributed by atoms with E-state index in [2.05, 4.69) is 26.5 Å². The topological polar surface area (TPSA) is 0 Å². The summed E-state index contributed by atoms with van der Waals surface area (Å²) >= 11 is 5.73. The number of halogens is 1. The minimum Gasteiger partial charge on any atom is -0.0843 e. The standard InChI is InChI=1S/C10H11Cl/c1-7-4-5-10(9(3)11)6-8(7)2/h4-6H,3H2,1-2H3. The van der Waals surface area contributed by atoms with Gasteiger partial charge in [0.15, 0.2) is 0 Å². The molecule has 1 aromatic carbocycles. The van der Waals surface area contributed by atoms with Crippen LogP contribution in [0, 0.1) is 13.8 Å². The van der Waals surface area contributed by atoms with Crippen LogP contribution in [0.15, 0.2) is 24.8 Å². The summed E-state index contributed by atoms with van der Waals surface area (Å²) in [4.78, 5) is 0. The van der Waals surface area contributed by atoms with Gasteiger partial charge < -0.3 is 0 Å². The zero-order chi connectivity index (χ0) is 8.43. The average Bonchev–Trinajstić information content (AvgIpc) is 1.94. The average molecular weight is 167 g/mol. The largest absolute Gasteiger partial charge is 0.0843 e. The molecule has 0 aliphatic heterocycles. The zero-order valence-corrected chi connectivity index (χ0v) is 7.57. The highest BCUT2D eigenvalue weighted by molar-refractivity contribution is 6.48. The van der Waals surface area contributed by atoms with Gasteiger partial charge in [-0.05, 0) is 30.5 Å². The zero-order valence-electron chi connectivity index (χ0n) is 6.82. The number of rotatable bonds is 1. The van der Waals surface area contributed by atoms with Crippen LogP contribution in [-0.4, -0.2) is 0 Å². The van der Waals surface area contributed by atoms with Crippen molar-refractivity contribution in [2.24, 2.45) is 0 Å². The van der Waals surface area contributed by atoms with E-state index in [1.54, 1.807) is 0 Å². The Morgan fingerprint density at radius 2 is 1.91 bits per heavy atom. The van der Waals surface area contributed by atoms with Gasteiger partial charge in [-0.15, -0.1) is 0 Å². The molecule has 1 heteroatoms. The fourth-order valence-electron chi connectivity index (χ4n) is 0.910. The quantitative estimate of drug-likeness (QED) is 0.599. The molecule has 0 nitrogen and oxygen atoms in total. The normalized spacial score (nSPS) is 9.73. The second-order valence-electron chi connectivity index (χ2n) is 2.70. The van der Waals surface area contributed by atoms with Crippen molar-refractivity contribution in [3.8, 4) is 0 Å². The highest BCUT2D eigenvalue weighted by atomic mass is 35.5. The van der Waals surface area contributed by atoms with Crippen LogP contribution in [0.4, 0.5) is 0 Å². The van der Waals surface area contributed by atoms with Crippen LogP contribution in [0.3, 0.4) is 0 Å². The van der Waals surface area contributed by atoms with Gasteiger partial charge in [0.2, 0.25) is 0 Å². The molecule has 0 saturated carbocycles. The molecule has 11 heavy (non-hydrogen) atoms. The van der Waals surface area contributed by atoms with Gasteiger partial charge in [0.25, 0.3) is 0 Å². The van der Waals surface area contributed by atoms with Crippen molar-refractivity contribution in [2.75, 3.05) is 0 Å². The van der Waals surface area contributed by atoms with Gasteiger partial charge in [-0.2, -0.15) is 0 Å². The van der Waals surface area contributed by atoms with Crippen LogP contribution in [-0.2, 0) is 0 Å². The van der Waals surface area contributed by atoms with E-state index in [0.29, 0.717) is 5.03 Å². The lowest BCUT2D eigenvalue weighted by Gasteiger charge is -2.02. The van der Waals surface area contributed by atoms with Gasteiger partial charge >= 0.3 is 0 Å². The van der Waals surface area contributed by atoms with E-state index in [0.717, 1.165) is 5.56 Å². The molecule has 0 atom stereocenters. The molecule has 58 valence electrons. The third-order valence-corrected chi connectivity index (χ3v) is 2.04. The molecule has 0 fully saturated rings. The lowest BCUT2D eigenvalue weighted by Crippen LogP contribution is -1.82. The highest BCUT2D eigenvalue weighted by Crippen LogP contribution is 2.18. The Morgan fingerprint density at radius 3 is 2.36 bits per heavy atom. The molecule has 0 aliphatic carbocycles. The van der Waals surface area contributed by atoms with Crippen LogP contribution in [0.1, 0.15) is 16.7 Å². The highest BCUT2D eigenvalue weighted by Gasteiger charge is 1.96. The summed E-state index contributed by atoms with van der Waals surface area (Å²) in [5.41, 5.74) is 3.55. The van der Waals surface area contributed by atoms with E-state index in [4.69, 9.17) is 11.6 Å². The van der Waals surface area contributed by atoms with E-state index in [9.17, 15) is 0 Å². The fraction of sp³-hybridized carbons (Fsp3) is 0.200. The van der Waals surface area contributed by atoms with E-state index in [1.165, 1.54) is 11.1 Å². The summed E-state index contributed by atoms with van der Waals surface area (Å²) < 4.78 is 0. The van der Waals surface area contributed by atoms with Crippen LogP contribution in [0.25, 0.3) is 5.03 Å². The molecular formula is C10H11Cl. The third kappa shape index (κ3) is 1.84. The van der Waals surface area contributed by atoms with Crippen molar-refractivity contribution in [3.63, 3.8) is 0 Å². The molecule has 0 N–H and O–H groups in total. The van der Waals surface area contributed by atoms with E-state index in [1.807, 2.05) is 12.1 Å².